The van der Waals surface area contributed by atoms with Crippen LogP contribution in [-0.4, -0.2) is 50.8 Å². The summed E-state index contributed by atoms with van der Waals surface area (Å²) in [6.45, 7) is 0. The molecule has 0 saturated carbocycles. The molecule has 0 unspecified atom stereocenters. The number of hydrogen-bond donors (Lipinski definition) is 2. The van der Waals surface area contributed by atoms with E-state index >= 15 is 0 Å². The minimum absolute atomic E-state index is 0. The minimum Gasteiger partial charge on any atom is -0.496 e. The molecule has 0 saturated heterocycles. The van der Waals surface area contributed by atoms with Gasteiger partial charge in [-0.1, -0.05) is 30.3 Å². The first-order valence-electron chi connectivity index (χ1n) is 20.8. The highest BCUT2D eigenvalue weighted by molar-refractivity contribution is 7.13. The lowest BCUT2D eigenvalue weighted by Crippen LogP contribution is -2.11. The molecule has 3 aromatic carbocycles. The number of benzene rings is 3. The lowest BCUT2D eigenvalue weighted by atomic mass is 10.0. The van der Waals surface area contributed by atoms with Crippen LogP contribution in [0, 0.1) is 0 Å². The quantitative estimate of drug-likeness (QED) is 0.155. The lowest BCUT2D eigenvalue weighted by Gasteiger charge is -2.13. The van der Waals surface area contributed by atoms with Crippen molar-refractivity contribution < 1.29 is 14.2 Å². The van der Waals surface area contributed by atoms with Gasteiger partial charge in [0.2, 0.25) is 16.3 Å². The van der Waals surface area contributed by atoms with Gasteiger partial charge in [0, 0.05) is 75.7 Å². The van der Waals surface area contributed by atoms with Crippen LogP contribution in [0.2, 0.25) is 0 Å². The van der Waals surface area contributed by atoms with Crippen LogP contribution < -0.4 is 30.5 Å². The zero-order chi connectivity index (χ0) is 46.2. The molecule has 0 aliphatic rings. The van der Waals surface area contributed by atoms with Gasteiger partial charge in [-0.05, 0) is 81.7 Å². The fraction of sp³-hybridized carbons (Fsp3) is 0.0769. The fourth-order valence-corrected chi connectivity index (χ4v) is 10.5. The number of aromatic nitrogens is 6. The predicted octanol–water partition coefficient (Wildman–Crippen LogP) is 11.9. The Morgan fingerprint density at radius 1 is 0.544 bits per heavy atom. The number of H-pyrrole nitrogens is 2. The first kappa shape index (κ1) is 45.5. The molecule has 12 nitrogen and oxygen atoms in total. The van der Waals surface area contributed by atoms with Crippen molar-refractivity contribution in [2.45, 2.75) is 0 Å². The van der Waals surface area contributed by atoms with E-state index in [1.54, 1.807) is 75.0 Å². The van der Waals surface area contributed by atoms with E-state index in [2.05, 4.69) is 24.9 Å². The second-order valence-corrected chi connectivity index (χ2v) is 17.9. The van der Waals surface area contributed by atoms with Crippen LogP contribution in [0.1, 0.15) is 0 Å². The van der Waals surface area contributed by atoms with Crippen molar-refractivity contribution in [2.75, 3.05) is 21.3 Å². The van der Waals surface area contributed by atoms with Crippen LogP contribution >= 0.6 is 46.4 Å². The van der Waals surface area contributed by atoms with Gasteiger partial charge in [-0.3, -0.25) is 29.3 Å². The highest BCUT2D eigenvalue weighted by Crippen LogP contribution is 2.35. The summed E-state index contributed by atoms with van der Waals surface area (Å²) in [5.41, 5.74) is 7.34. The van der Waals surface area contributed by atoms with Crippen LogP contribution in [-0.2, 0) is 7.05 Å². The third kappa shape index (κ3) is 8.04. The van der Waals surface area contributed by atoms with Crippen LogP contribution in [0.4, 0.5) is 0 Å². The van der Waals surface area contributed by atoms with E-state index in [9.17, 15) is 14.4 Å². The Balaban J connectivity index is 0.000000127. The molecular formula is C52H39ClN6O6S3. The molecule has 0 aliphatic carbocycles. The van der Waals surface area contributed by atoms with Gasteiger partial charge in [-0.2, -0.15) is 11.3 Å². The first-order chi connectivity index (χ1) is 32.8. The predicted molar refractivity (Wildman–Crippen MR) is 281 cm³/mol. The van der Waals surface area contributed by atoms with Crippen molar-refractivity contribution in [1.82, 2.24) is 29.5 Å². The molecule has 338 valence electrons. The third-order valence-corrected chi connectivity index (χ3v) is 13.9. The number of aryl methyl sites for hydroxylation is 1. The van der Waals surface area contributed by atoms with E-state index in [-0.39, 0.29) is 28.7 Å². The van der Waals surface area contributed by atoms with Crippen molar-refractivity contribution >= 4 is 112 Å². The number of fused-ring (bicyclic) bond motifs is 9. The van der Waals surface area contributed by atoms with Gasteiger partial charge in [0.15, 0.2) is 0 Å². The first-order valence-corrected chi connectivity index (χ1v) is 23.5. The number of pyridine rings is 6. The van der Waals surface area contributed by atoms with Crippen molar-refractivity contribution in [2.24, 2.45) is 7.05 Å². The Kier molecular flexibility index (Phi) is 12.9. The fourth-order valence-electron chi connectivity index (χ4n) is 8.35. The molecule has 68 heavy (non-hydrogen) atoms. The van der Waals surface area contributed by atoms with E-state index in [1.165, 1.54) is 11.3 Å². The maximum Gasteiger partial charge on any atom is 0.201 e. The summed E-state index contributed by atoms with van der Waals surface area (Å²) in [6.07, 6.45) is 10.6. The van der Waals surface area contributed by atoms with E-state index in [1.807, 2.05) is 124 Å². The molecule has 0 radical (unpaired) electrons. The Bertz CT molecular complexity index is 3810. The van der Waals surface area contributed by atoms with Crippen molar-refractivity contribution in [1.29, 1.82) is 0 Å². The second kappa shape index (κ2) is 19.3. The van der Waals surface area contributed by atoms with Crippen molar-refractivity contribution in [3.8, 4) is 49.3 Å². The van der Waals surface area contributed by atoms with E-state index in [0.717, 1.165) is 53.5 Å². The minimum atomic E-state index is -0.0449. The monoisotopic (exact) mass is 974 g/mol. The standard InChI is InChI=1S/C18H14N2O2S.2C17H12N2O2S.ClH/c1-20-10-12(14-6-4-8-23-14)18(21)15-13(22-2)9-11-5-3-7-19-16(11)17(15)20;1-21-12-8-10-4-2-6-18-15(10)16-14(12)17(20)11(9-19-16)13-5-3-7-22-13;1-21-13-7-10-3-2-5-18-15(10)16-14(13)17(20)12(8-19-16)11-4-6-22-9-11;/h3-10H,1-2H3;2*2-9H,1H3,(H,19,20);1H. The molecule has 0 amide bonds. The topological polar surface area (TPSA) is 154 Å². The summed E-state index contributed by atoms with van der Waals surface area (Å²) >= 11 is 4.66. The maximum absolute atomic E-state index is 13.1. The summed E-state index contributed by atoms with van der Waals surface area (Å²) in [4.78, 5) is 60.6. The van der Waals surface area contributed by atoms with Gasteiger partial charge in [0.1, 0.15) is 17.2 Å². The van der Waals surface area contributed by atoms with Crippen LogP contribution in [0.25, 0.3) is 97.4 Å². The average Bonchev–Trinajstić information content (AvgIpc) is 4.21. The van der Waals surface area contributed by atoms with Gasteiger partial charge in [-0.25, -0.2) is 0 Å². The molecule has 0 bridgehead atoms. The summed E-state index contributed by atoms with van der Waals surface area (Å²) in [5, 5.41) is 12.3. The Labute approximate surface area is 405 Å². The van der Waals surface area contributed by atoms with E-state index < -0.39 is 0 Å². The van der Waals surface area contributed by atoms with E-state index in [4.69, 9.17) is 14.2 Å². The number of halogens is 1. The van der Waals surface area contributed by atoms with Gasteiger partial charge < -0.3 is 28.7 Å². The summed E-state index contributed by atoms with van der Waals surface area (Å²) in [5.74, 6) is 1.71. The molecule has 2 N–H and O–H groups in total. The molecule has 9 aromatic heterocycles. The zero-order valence-corrected chi connectivity index (χ0v) is 40.0. The summed E-state index contributed by atoms with van der Waals surface area (Å²) in [7, 11) is 6.68. The molecule has 0 aliphatic heterocycles. The Morgan fingerprint density at radius 2 is 1.01 bits per heavy atom. The molecule has 9 heterocycles. The largest absolute Gasteiger partial charge is 0.496 e. The molecule has 0 spiro atoms. The number of thiophene rings is 3. The maximum atomic E-state index is 13.1. The SMILES string of the molecule is COc1cc2cccnc2c2[nH]cc(-c3cccs3)c(=O)c12.COc1cc2cccnc2c2[nH]cc(-c3ccsc3)c(=O)c12.COc1cc2cccnc2c2c1c(=O)c(-c1cccs1)cn2C.Cl. The number of rotatable bonds is 6. The highest BCUT2D eigenvalue weighted by atomic mass is 35.5. The van der Waals surface area contributed by atoms with Gasteiger partial charge in [0.25, 0.3) is 0 Å². The van der Waals surface area contributed by atoms with Crippen molar-refractivity contribution in [3.63, 3.8) is 0 Å². The van der Waals surface area contributed by atoms with Gasteiger partial charge >= 0.3 is 0 Å². The van der Waals surface area contributed by atoms with Crippen LogP contribution in [0.3, 0.4) is 0 Å². The average molecular weight is 976 g/mol. The molecule has 12 aromatic rings. The molecule has 0 atom stereocenters. The lowest BCUT2D eigenvalue weighted by molar-refractivity contribution is 0.420. The molecule has 0 fully saturated rings. The van der Waals surface area contributed by atoms with Crippen LogP contribution in [0.5, 0.6) is 17.2 Å². The van der Waals surface area contributed by atoms with Gasteiger partial charge in [-0.15, -0.1) is 35.1 Å². The third-order valence-electron chi connectivity index (χ3n) is 11.4. The number of ether oxygens (including phenoxy) is 3. The number of aromatic amines is 2. The smallest absolute Gasteiger partial charge is 0.201 e. The van der Waals surface area contributed by atoms with E-state index in [0.29, 0.717) is 61.1 Å². The summed E-state index contributed by atoms with van der Waals surface area (Å²) < 4.78 is 18.4. The van der Waals surface area contributed by atoms with Crippen LogP contribution in [0.15, 0.2) is 158 Å². The summed E-state index contributed by atoms with van der Waals surface area (Å²) in [6, 6.07) is 26.8. The Hall–Kier alpha value is -7.69. The molecule has 12 rings (SSSR count). The van der Waals surface area contributed by atoms with Crippen molar-refractivity contribution in [3.05, 3.63) is 174 Å². The number of nitrogens with one attached hydrogen (secondary N) is 2. The van der Waals surface area contributed by atoms with Gasteiger partial charge in [0.05, 0.1) is 81.7 Å². The second-order valence-electron chi connectivity index (χ2n) is 15.2. The zero-order valence-electron chi connectivity index (χ0n) is 36.7. The number of hydrogen-bond acceptors (Lipinski definition) is 12. The number of methoxy groups -OCH3 is 3. The molecular weight excluding hydrogens is 936 g/mol. The normalized spacial score (nSPS) is 11.0. The Morgan fingerprint density at radius 3 is 1.51 bits per heavy atom. The molecule has 16 heteroatoms. The number of nitrogens with zero attached hydrogens (tertiary/aromatic N) is 4. The highest BCUT2D eigenvalue weighted by Gasteiger charge is 2.19.